The lowest BCUT2D eigenvalue weighted by atomic mass is 9.91. The largest absolute Gasteiger partial charge is 0.383 e. The summed E-state index contributed by atoms with van der Waals surface area (Å²) < 4.78 is 42.3. The van der Waals surface area contributed by atoms with Crippen molar-refractivity contribution in [2.45, 2.75) is 68.7 Å². The Morgan fingerprint density at radius 1 is 1.18 bits per heavy atom. The summed E-state index contributed by atoms with van der Waals surface area (Å²) in [7, 11) is 0. The first-order valence-electron chi connectivity index (χ1n) is 14.2. The van der Waals surface area contributed by atoms with Crippen LogP contribution in [-0.4, -0.2) is 56.9 Å². The van der Waals surface area contributed by atoms with Crippen LogP contribution in [0.5, 0.6) is 0 Å². The summed E-state index contributed by atoms with van der Waals surface area (Å²) in [5, 5.41) is 22.6. The Hall–Kier alpha value is -4.54. The molecule has 3 aromatic rings. The fourth-order valence-electron chi connectivity index (χ4n) is 5.69. The highest BCUT2D eigenvalue weighted by Crippen LogP contribution is 2.37. The SMILES string of the molecule is N#Cc1ccnc(N2C(=O)[C@H](O)C[C@H]2CC(=O)N(c2cccc(F)c2)[C@@H](C(=O)NC2CCC(F)(F)CC2)c2ccccc2Cl)n1. The first kappa shape index (κ1) is 31.9. The number of aliphatic hydroxyl groups is 1. The molecule has 3 amide bonds. The molecule has 1 aliphatic carbocycles. The highest BCUT2D eigenvalue weighted by molar-refractivity contribution is 6.31. The minimum atomic E-state index is -2.83. The average Bonchev–Trinajstić information content (AvgIpc) is 3.29. The second kappa shape index (κ2) is 13.2. The monoisotopic (exact) mass is 640 g/mol. The minimum absolute atomic E-state index is 0.00519. The van der Waals surface area contributed by atoms with Crippen LogP contribution in [0, 0.1) is 17.1 Å². The number of alkyl halides is 2. The van der Waals surface area contributed by atoms with Crippen molar-refractivity contribution < 1.29 is 32.7 Å². The van der Waals surface area contributed by atoms with Gasteiger partial charge in [0, 0.05) is 54.2 Å². The Balaban J connectivity index is 1.53. The fraction of sp³-hybridized carbons (Fsp3) is 0.355. The predicted octanol–water partition coefficient (Wildman–Crippen LogP) is 4.47. The number of halogens is 4. The molecular weight excluding hydrogens is 613 g/mol. The van der Waals surface area contributed by atoms with Crippen molar-refractivity contribution in [3.05, 3.63) is 82.9 Å². The van der Waals surface area contributed by atoms with Gasteiger partial charge in [0.2, 0.25) is 23.7 Å². The number of carbonyl (C=O) groups excluding carboxylic acids is 3. The van der Waals surface area contributed by atoms with Gasteiger partial charge in [-0.15, -0.1) is 0 Å². The first-order valence-corrected chi connectivity index (χ1v) is 14.6. The predicted molar refractivity (Wildman–Crippen MR) is 157 cm³/mol. The van der Waals surface area contributed by atoms with Crippen LogP contribution < -0.4 is 15.1 Å². The fourth-order valence-corrected chi connectivity index (χ4v) is 5.93. The summed E-state index contributed by atoms with van der Waals surface area (Å²) in [4.78, 5) is 51.5. The van der Waals surface area contributed by atoms with Gasteiger partial charge in [0.15, 0.2) is 0 Å². The van der Waals surface area contributed by atoms with Crippen molar-refractivity contribution in [1.82, 2.24) is 15.3 Å². The molecule has 45 heavy (non-hydrogen) atoms. The van der Waals surface area contributed by atoms with Gasteiger partial charge in [-0.25, -0.2) is 23.1 Å². The lowest BCUT2D eigenvalue weighted by Gasteiger charge is -2.35. The normalized spacial score (nSPS) is 20.4. The van der Waals surface area contributed by atoms with Crippen molar-refractivity contribution in [2.24, 2.45) is 0 Å². The Bertz CT molecular complexity index is 1640. The van der Waals surface area contributed by atoms with Gasteiger partial charge in [-0.1, -0.05) is 35.9 Å². The number of carbonyl (C=O) groups is 3. The van der Waals surface area contributed by atoms with Crippen LogP contribution in [0.2, 0.25) is 5.02 Å². The van der Waals surface area contributed by atoms with E-state index in [1.165, 1.54) is 36.5 Å². The Morgan fingerprint density at radius 3 is 2.60 bits per heavy atom. The number of nitrogens with one attached hydrogen (secondary N) is 1. The second-order valence-corrected chi connectivity index (χ2v) is 11.4. The van der Waals surface area contributed by atoms with Gasteiger partial charge in [0.25, 0.3) is 5.91 Å². The highest BCUT2D eigenvalue weighted by Gasteiger charge is 2.44. The van der Waals surface area contributed by atoms with Gasteiger partial charge in [-0.2, -0.15) is 5.26 Å². The average molecular weight is 641 g/mol. The van der Waals surface area contributed by atoms with Crippen molar-refractivity contribution in [2.75, 3.05) is 9.80 Å². The molecule has 2 N–H and O–H groups in total. The van der Waals surface area contributed by atoms with E-state index in [4.69, 9.17) is 11.6 Å². The standard InChI is InChI=1S/C31H28ClF3N6O4/c32-24-7-2-1-6-23(24)27(28(44)38-19-8-11-31(34,35)12-9-19)40(21-5-3-4-18(33)14-21)26(43)16-22-15-25(42)29(45)41(22)30-37-13-10-20(17-36)39-30/h1-7,10,13-14,19,22,25,27,42H,8-9,11-12,15-16H2,(H,38,44)/t22-,25+,27+/m0/s1. The van der Waals surface area contributed by atoms with Gasteiger partial charge in [0.1, 0.15) is 29.7 Å². The third kappa shape index (κ3) is 7.08. The van der Waals surface area contributed by atoms with Crippen LogP contribution in [0.3, 0.4) is 0 Å². The molecule has 1 aromatic heterocycles. The molecule has 10 nitrogen and oxygen atoms in total. The quantitative estimate of drug-likeness (QED) is 0.370. The van der Waals surface area contributed by atoms with E-state index >= 15 is 0 Å². The van der Waals surface area contributed by atoms with E-state index in [2.05, 4.69) is 15.3 Å². The molecule has 0 unspecified atom stereocenters. The van der Waals surface area contributed by atoms with Crippen LogP contribution in [0.25, 0.3) is 0 Å². The van der Waals surface area contributed by atoms with Gasteiger partial charge in [-0.3, -0.25) is 24.2 Å². The van der Waals surface area contributed by atoms with Gasteiger partial charge >= 0.3 is 0 Å². The third-order valence-corrected chi connectivity index (χ3v) is 8.24. The number of hydrogen-bond acceptors (Lipinski definition) is 7. The maximum Gasteiger partial charge on any atom is 0.258 e. The van der Waals surface area contributed by atoms with Crippen LogP contribution >= 0.6 is 11.6 Å². The summed E-state index contributed by atoms with van der Waals surface area (Å²) >= 11 is 6.53. The zero-order chi connectivity index (χ0) is 32.3. The number of benzene rings is 2. The molecular formula is C31H28ClF3N6O4. The summed E-state index contributed by atoms with van der Waals surface area (Å²) in [5.41, 5.74) is 0.144. The van der Waals surface area contributed by atoms with Crippen molar-refractivity contribution >= 4 is 41.0 Å². The third-order valence-electron chi connectivity index (χ3n) is 7.89. The van der Waals surface area contributed by atoms with Crippen LogP contribution in [0.1, 0.15) is 55.8 Å². The van der Waals surface area contributed by atoms with Crippen LogP contribution in [0.4, 0.5) is 24.8 Å². The molecule has 0 radical (unpaired) electrons. The molecule has 3 atom stereocenters. The molecule has 1 saturated heterocycles. The lowest BCUT2D eigenvalue weighted by Crippen LogP contribution is -2.49. The number of rotatable bonds is 8. The molecule has 2 aromatic carbocycles. The topological polar surface area (TPSA) is 140 Å². The molecule has 5 rings (SSSR count). The lowest BCUT2D eigenvalue weighted by molar-refractivity contribution is -0.128. The first-order chi connectivity index (χ1) is 21.5. The molecule has 0 spiro atoms. The molecule has 2 aliphatic rings. The molecule has 234 valence electrons. The second-order valence-electron chi connectivity index (χ2n) is 11.0. The minimum Gasteiger partial charge on any atom is -0.383 e. The van der Waals surface area contributed by atoms with E-state index in [-0.39, 0.29) is 47.2 Å². The molecule has 2 heterocycles. The van der Waals surface area contributed by atoms with E-state index in [0.29, 0.717) is 0 Å². The summed E-state index contributed by atoms with van der Waals surface area (Å²) in [6, 6.07) is 11.4. The van der Waals surface area contributed by atoms with E-state index in [1.807, 2.05) is 6.07 Å². The Kier molecular flexibility index (Phi) is 9.36. The molecule has 1 saturated carbocycles. The van der Waals surface area contributed by atoms with E-state index in [1.54, 1.807) is 12.1 Å². The van der Waals surface area contributed by atoms with Crippen molar-refractivity contribution in [3.8, 4) is 6.07 Å². The van der Waals surface area contributed by atoms with E-state index in [0.717, 1.165) is 21.9 Å². The summed E-state index contributed by atoms with van der Waals surface area (Å²) in [5.74, 6) is -5.98. The van der Waals surface area contributed by atoms with Crippen molar-refractivity contribution in [3.63, 3.8) is 0 Å². The maximum absolute atomic E-state index is 14.6. The number of aromatic nitrogens is 2. The molecule has 1 aliphatic heterocycles. The van der Waals surface area contributed by atoms with Gasteiger partial charge in [-0.05, 0) is 43.2 Å². The maximum atomic E-state index is 14.6. The van der Waals surface area contributed by atoms with Crippen LogP contribution in [-0.2, 0) is 14.4 Å². The zero-order valence-electron chi connectivity index (χ0n) is 23.7. The molecule has 0 bridgehead atoms. The van der Waals surface area contributed by atoms with Crippen molar-refractivity contribution in [1.29, 1.82) is 5.26 Å². The van der Waals surface area contributed by atoms with Crippen LogP contribution in [0.15, 0.2) is 60.8 Å². The summed E-state index contributed by atoms with van der Waals surface area (Å²) in [6.45, 7) is 0. The number of amides is 3. The molecule has 2 fully saturated rings. The highest BCUT2D eigenvalue weighted by atomic mass is 35.5. The number of nitriles is 1. The van der Waals surface area contributed by atoms with Gasteiger partial charge in [0.05, 0.1) is 6.04 Å². The number of nitrogens with zero attached hydrogens (tertiary/aromatic N) is 5. The summed E-state index contributed by atoms with van der Waals surface area (Å²) in [6.07, 6.45) is -1.69. The number of anilines is 2. The van der Waals surface area contributed by atoms with Gasteiger partial charge < -0.3 is 10.4 Å². The number of aliphatic hydroxyl groups excluding tert-OH is 1. The van der Waals surface area contributed by atoms with E-state index < -0.39 is 73.0 Å². The van der Waals surface area contributed by atoms with E-state index in [9.17, 15) is 37.9 Å². The Labute approximate surface area is 261 Å². The Morgan fingerprint density at radius 2 is 1.91 bits per heavy atom. The number of hydrogen-bond donors (Lipinski definition) is 2. The molecule has 14 heteroatoms. The smallest absolute Gasteiger partial charge is 0.258 e. The zero-order valence-corrected chi connectivity index (χ0v) is 24.5.